The van der Waals surface area contributed by atoms with Crippen LogP contribution in [0.2, 0.25) is 0 Å². The lowest BCUT2D eigenvalue weighted by molar-refractivity contribution is -0.126. The summed E-state index contributed by atoms with van der Waals surface area (Å²) in [6.45, 7) is 1.67. The Labute approximate surface area is 167 Å². The van der Waals surface area contributed by atoms with E-state index in [1.54, 1.807) is 12.4 Å². The van der Waals surface area contributed by atoms with E-state index in [0.29, 0.717) is 5.92 Å². The minimum Gasteiger partial charge on any atom is -0.349 e. The quantitative estimate of drug-likeness (QED) is 0.850. The number of carbonyl (C=O) groups excluding carboxylic acids is 1. The standard InChI is InChI=1S/C23H30N4O/c28-22(20-12-16-27(17-13-20)23-24-14-7-15-25-23)26-21(18-8-3-1-4-9-18)19-10-5-2-6-11-19/h1,3-4,7-9,14-15,19-21H,2,5-6,10-13,16-17H2,(H,26,28)/t21-/m1/s1. The Morgan fingerprint density at radius 1 is 0.929 bits per heavy atom. The summed E-state index contributed by atoms with van der Waals surface area (Å²) in [5.74, 6) is 1.62. The van der Waals surface area contributed by atoms with E-state index in [0.717, 1.165) is 31.9 Å². The van der Waals surface area contributed by atoms with Crippen LogP contribution in [0.25, 0.3) is 0 Å². The van der Waals surface area contributed by atoms with Crippen LogP contribution in [0, 0.1) is 11.8 Å². The highest BCUT2D eigenvalue weighted by molar-refractivity contribution is 5.79. The number of aromatic nitrogens is 2. The summed E-state index contributed by atoms with van der Waals surface area (Å²) in [6.07, 6.45) is 11.6. The Hall–Kier alpha value is -2.43. The monoisotopic (exact) mass is 378 g/mol. The summed E-state index contributed by atoms with van der Waals surface area (Å²) >= 11 is 0. The summed E-state index contributed by atoms with van der Waals surface area (Å²) in [5.41, 5.74) is 1.25. The van der Waals surface area contributed by atoms with E-state index in [1.807, 2.05) is 12.1 Å². The van der Waals surface area contributed by atoms with Crippen molar-refractivity contribution in [3.05, 3.63) is 54.4 Å². The van der Waals surface area contributed by atoms with Crippen molar-refractivity contribution in [2.24, 2.45) is 11.8 Å². The van der Waals surface area contributed by atoms with Crippen LogP contribution >= 0.6 is 0 Å². The van der Waals surface area contributed by atoms with Gasteiger partial charge < -0.3 is 10.2 Å². The Balaban J connectivity index is 1.39. The Morgan fingerprint density at radius 2 is 1.61 bits per heavy atom. The molecule has 28 heavy (non-hydrogen) atoms. The number of nitrogens with zero attached hydrogens (tertiary/aromatic N) is 3. The zero-order valence-electron chi connectivity index (χ0n) is 16.5. The Bertz CT molecular complexity index is 738. The van der Waals surface area contributed by atoms with Gasteiger partial charge in [0.25, 0.3) is 0 Å². The molecular formula is C23H30N4O. The van der Waals surface area contributed by atoms with Crippen LogP contribution in [0.3, 0.4) is 0 Å². The molecule has 2 aromatic rings. The molecule has 0 bridgehead atoms. The van der Waals surface area contributed by atoms with Crippen molar-refractivity contribution in [1.29, 1.82) is 0 Å². The van der Waals surface area contributed by atoms with Gasteiger partial charge in [-0.3, -0.25) is 4.79 Å². The third-order valence-electron chi connectivity index (χ3n) is 6.28. The number of hydrogen-bond donors (Lipinski definition) is 1. The van der Waals surface area contributed by atoms with Gasteiger partial charge >= 0.3 is 0 Å². The SMILES string of the molecule is O=C(N[C@H](c1ccccc1)C1CCCCC1)C1CCN(c2ncccn2)CC1. The van der Waals surface area contributed by atoms with Crippen molar-refractivity contribution in [3.8, 4) is 0 Å². The summed E-state index contributed by atoms with van der Waals surface area (Å²) in [7, 11) is 0. The number of piperidine rings is 1. The Morgan fingerprint density at radius 3 is 2.29 bits per heavy atom. The minimum atomic E-state index is 0.0785. The molecule has 5 heteroatoms. The summed E-state index contributed by atoms with van der Waals surface area (Å²) in [4.78, 5) is 24.0. The van der Waals surface area contributed by atoms with Crippen LogP contribution in [0.1, 0.15) is 56.6 Å². The number of amides is 1. The average Bonchev–Trinajstić information content (AvgIpc) is 2.79. The molecule has 0 spiro atoms. The molecule has 148 valence electrons. The highest BCUT2D eigenvalue weighted by atomic mass is 16.2. The second-order valence-corrected chi connectivity index (χ2v) is 8.11. The lowest BCUT2D eigenvalue weighted by atomic mass is 9.80. The second kappa shape index (κ2) is 9.18. The number of anilines is 1. The van der Waals surface area contributed by atoms with E-state index in [1.165, 1.54) is 37.7 Å². The van der Waals surface area contributed by atoms with Gasteiger partial charge in [-0.15, -0.1) is 0 Å². The first-order valence-corrected chi connectivity index (χ1v) is 10.7. The first-order valence-electron chi connectivity index (χ1n) is 10.7. The van der Waals surface area contributed by atoms with Crippen molar-refractivity contribution in [1.82, 2.24) is 15.3 Å². The molecule has 1 atom stereocenters. The van der Waals surface area contributed by atoms with Gasteiger partial charge in [0, 0.05) is 31.4 Å². The van der Waals surface area contributed by atoms with E-state index in [4.69, 9.17) is 0 Å². The van der Waals surface area contributed by atoms with Gasteiger partial charge in [0.05, 0.1) is 6.04 Å². The summed E-state index contributed by atoms with van der Waals surface area (Å²) in [6, 6.07) is 12.5. The summed E-state index contributed by atoms with van der Waals surface area (Å²) in [5, 5.41) is 3.44. The number of nitrogens with one attached hydrogen (secondary N) is 1. The van der Waals surface area contributed by atoms with Gasteiger partial charge in [-0.05, 0) is 43.2 Å². The predicted molar refractivity (Wildman–Crippen MR) is 111 cm³/mol. The van der Waals surface area contributed by atoms with E-state index >= 15 is 0 Å². The minimum absolute atomic E-state index is 0.0785. The van der Waals surface area contributed by atoms with E-state index in [2.05, 4.69) is 44.5 Å². The normalized spacial score (nSPS) is 19.9. The predicted octanol–water partition coefficient (Wildman–Crippen LogP) is 4.13. The van der Waals surface area contributed by atoms with Gasteiger partial charge in [0.1, 0.15) is 0 Å². The van der Waals surface area contributed by atoms with Crippen molar-refractivity contribution in [3.63, 3.8) is 0 Å². The number of hydrogen-bond acceptors (Lipinski definition) is 4. The van der Waals surface area contributed by atoms with Gasteiger partial charge in [-0.25, -0.2) is 9.97 Å². The largest absolute Gasteiger partial charge is 0.349 e. The van der Waals surface area contributed by atoms with Crippen molar-refractivity contribution in [2.45, 2.75) is 51.0 Å². The molecule has 1 saturated carbocycles. The van der Waals surface area contributed by atoms with Crippen LogP contribution < -0.4 is 10.2 Å². The first-order chi connectivity index (χ1) is 13.8. The fraction of sp³-hybridized carbons (Fsp3) is 0.522. The van der Waals surface area contributed by atoms with Gasteiger partial charge in [0.2, 0.25) is 11.9 Å². The van der Waals surface area contributed by atoms with Crippen LogP contribution in [0.4, 0.5) is 5.95 Å². The highest BCUT2D eigenvalue weighted by Crippen LogP contribution is 2.35. The van der Waals surface area contributed by atoms with Crippen LogP contribution in [-0.4, -0.2) is 29.0 Å². The van der Waals surface area contributed by atoms with Crippen molar-refractivity contribution in [2.75, 3.05) is 18.0 Å². The number of rotatable bonds is 5. The van der Waals surface area contributed by atoms with Gasteiger partial charge in [-0.1, -0.05) is 49.6 Å². The lowest BCUT2D eigenvalue weighted by Crippen LogP contribution is -2.43. The molecule has 0 unspecified atom stereocenters. The van der Waals surface area contributed by atoms with Crippen LogP contribution in [0.5, 0.6) is 0 Å². The molecule has 1 aliphatic heterocycles. The van der Waals surface area contributed by atoms with Crippen molar-refractivity contribution >= 4 is 11.9 Å². The fourth-order valence-electron chi connectivity index (χ4n) is 4.67. The van der Waals surface area contributed by atoms with E-state index in [-0.39, 0.29) is 17.9 Å². The zero-order valence-corrected chi connectivity index (χ0v) is 16.5. The highest BCUT2D eigenvalue weighted by Gasteiger charge is 2.31. The second-order valence-electron chi connectivity index (χ2n) is 8.11. The molecule has 5 nitrogen and oxygen atoms in total. The molecule has 0 radical (unpaired) electrons. The van der Waals surface area contributed by atoms with Crippen molar-refractivity contribution < 1.29 is 4.79 Å². The van der Waals surface area contributed by atoms with Gasteiger partial charge in [0.15, 0.2) is 0 Å². The topological polar surface area (TPSA) is 58.1 Å². The molecule has 2 aliphatic rings. The molecule has 1 amide bonds. The van der Waals surface area contributed by atoms with E-state index in [9.17, 15) is 4.79 Å². The fourth-order valence-corrected chi connectivity index (χ4v) is 4.67. The number of carbonyl (C=O) groups is 1. The Kier molecular flexibility index (Phi) is 6.20. The number of benzene rings is 1. The smallest absolute Gasteiger partial charge is 0.225 e. The molecule has 1 aromatic heterocycles. The third-order valence-corrected chi connectivity index (χ3v) is 6.28. The lowest BCUT2D eigenvalue weighted by Gasteiger charge is -2.35. The molecule has 4 rings (SSSR count). The molecule has 1 N–H and O–H groups in total. The van der Waals surface area contributed by atoms with Crippen LogP contribution in [-0.2, 0) is 4.79 Å². The molecule has 1 aliphatic carbocycles. The summed E-state index contributed by atoms with van der Waals surface area (Å²) < 4.78 is 0. The van der Waals surface area contributed by atoms with Gasteiger partial charge in [-0.2, -0.15) is 0 Å². The maximum absolute atomic E-state index is 13.1. The molecular weight excluding hydrogens is 348 g/mol. The molecule has 2 fully saturated rings. The van der Waals surface area contributed by atoms with Crippen LogP contribution in [0.15, 0.2) is 48.8 Å². The molecule has 2 heterocycles. The average molecular weight is 379 g/mol. The maximum Gasteiger partial charge on any atom is 0.225 e. The van der Waals surface area contributed by atoms with E-state index < -0.39 is 0 Å². The third kappa shape index (κ3) is 4.51. The molecule has 1 aromatic carbocycles. The zero-order chi connectivity index (χ0) is 19.2. The maximum atomic E-state index is 13.1. The first kappa shape index (κ1) is 18.9. The molecule has 1 saturated heterocycles.